The second kappa shape index (κ2) is 5.61. The van der Waals surface area contributed by atoms with Crippen LogP contribution in [0.3, 0.4) is 0 Å². The normalized spacial score (nSPS) is 16.9. The van der Waals surface area contributed by atoms with Crippen LogP contribution in [0.15, 0.2) is 18.2 Å². The number of amidine groups is 1. The lowest BCUT2D eigenvalue weighted by Gasteiger charge is -2.38. The maximum Gasteiger partial charge on any atom is 0.123 e. The molecule has 104 valence electrons. The topological polar surface area (TPSA) is 56.4 Å². The van der Waals surface area contributed by atoms with Gasteiger partial charge in [0.05, 0.1) is 0 Å². The lowest BCUT2D eigenvalue weighted by atomic mass is 10.1. The summed E-state index contributed by atoms with van der Waals surface area (Å²) in [6, 6.07) is 6.81. The van der Waals surface area contributed by atoms with E-state index in [1.165, 1.54) is 5.69 Å². The van der Waals surface area contributed by atoms with E-state index in [9.17, 15) is 0 Å². The van der Waals surface area contributed by atoms with Crippen molar-refractivity contribution < 1.29 is 0 Å². The zero-order valence-corrected chi connectivity index (χ0v) is 12.1. The number of anilines is 1. The predicted octanol–water partition coefficient (Wildman–Crippen LogP) is 1.81. The smallest absolute Gasteiger partial charge is 0.123 e. The first-order chi connectivity index (χ1) is 8.99. The van der Waals surface area contributed by atoms with E-state index in [0.29, 0.717) is 6.04 Å². The molecule has 1 heterocycles. The molecule has 1 aromatic carbocycles. The van der Waals surface area contributed by atoms with Gasteiger partial charge in [0.2, 0.25) is 0 Å². The van der Waals surface area contributed by atoms with Crippen LogP contribution in [0.25, 0.3) is 0 Å². The Morgan fingerprint density at radius 3 is 2.32 bits per heavy atom. The molecule has 0 bridgehead atoms. The van der Waals surface area contributed by atoms with Gasteiger partial charge in [-0.15, -0.1) is 0 Å². The van der Waals surface area contributed by atoms with E-state index >= 15 is 0 Å². The number of nitrogens with zero attached hydrogens (tertiary/aromatic N) is 2. The van der Waals surface area contributed by atoms with Gasteiger partial charge >= 0.3 is 0 Å². The first kappa shape index (κ1) is 13.9. The number of nitrogens with one attached hydrogen (secondary N) is 1. The Morgan fingerprint density at radius 2 is 1.84 bits per heavy atom. The monoisotopic (exact) mass is 260 g/mol. The minimum atomic E-state index is 0.147. The van der Waals surface area contributed by atoms with Gasteiger partial charge in [-0.2, -0.15) is 0 Å². The third-order valence-corrected chi connectivity index (χ3v) is 3.91. The van der Waals surface area contributed by atoms with Crippen molar-refractivity contribution in [3.63, 3.8) is 0 Å². The highest BCUT2D eigenvalue weighted by molar-refractivity contribution is 5.96. The van der Waals surface area contributed by atoms with E-state index in [1.807, 2.05) is 13.0 Å². The Balaban J connectivity index is 2.08. The molecule has 0 amide bonds. The van der Waals surface area contributed by atoms with Crippen LogP contribution in [-0.4, -0.2) is 43.0 Å². The van der Waals surface area contributed by atoms with E-state index in [0.717, 1.165) is 37.3 Å². The quantitative estimate of drug-likeness (QED) is 0.644. The van der Waals surface area contributed by atoms with Gasteiger partial charge in [-0.3, -0.25) is 10.3 Å². The average Bonchev–Trinajstić information content (AvgIpc) is 2.38. The van der Waals surface area contributed by atoms with Gasteiger partial charge in [0, 0.05) is 43.5 Å². The molecule has 0 unspecified atom stereocenters. The van der Waals surface area contributed by atoms with E-state index in [1.54, 1.807) is 0 Å². The van der Waals surface area contributed by atoms with E-state index < -0.39 is 0 Å². The predicted molar refractivity (Wildman–Crippen MR) is 81.1 cm³/mol. The van der Waals surface area contributed by atoms with Gasteiger partial charge in [0.25, 0.3) is 0 Å². The molecule has 1 fully saturated rings. The molecule has 1 aliphatic heterocycles. The maximum absolute atomic E-state index is 7.52. The molecule has 1 aliphatic rings. The summed E-state index contributed by atoms with van der Waals surface area (Å²) in [5, 5.41) is 7.52. The number of benzene rings is 1. The Labute approximate surface area is 115 Å². The Bertz CT molecular complexity index is 459. The Morgan fingerprint density at radius 1 is 1.21 bits per heavy atom. The summed E-state index contributed by atoms with van der Waals surface area (Å²) >= 11 is 0. The molecule has 0 aliphatic carbocycles. The number of hydrogen-bond donors (Lipinski definition) is 2. The van der Waals surface area contributed by atoms with Crippen molar-refractivity contribution in [1.82, 2.24) is 4.90 Å². The number of nitrogens with two attached hydrogens (primary N) is 1. The number of hydrogen-bond acceptors (Lipinski definition) is 3. The van der Waals surface area contributed by atoms with Gasteiger partial charge in [-0.05, 0) is 44.5 Å². The van der Waals surface area contributed by atoms with Crippen LogP contribution in [0.1, 0.15) is 25.0 Å². The number of rotatable bonds is 3. The van der Waals surface area contributed by atoms with E-state index in [2.05, 4.69) is 35.8 Å². The molecule has 4 heteroatoms. The fourth-order valence-corrected chi connectivity index (χ4v) is 2.64. The third kappa shape index (κ3) is 3.07. The Hall–Kier alpha value is -1.55. The number of nitrogen functional groups attached to an aromatic ring is 1. The lowest BCUT2D eigenvalue weighted by molar-refractivity contribution is 0.209. The molecule has 4 nitrogen and oxygen atoms in total. The molecule has 0 aromatic heterocycles. The van der Waals surface area contributed by atoms with Crippen LogP contribution in [0.5, 0.6) is 0 Å². The molecule has 0 radical (unpaired) electrons. The molecule has 0 spiro atoms. The van der Waals surface area contributed by atoms with E-state index in [-0.39, 0.29) is 5.84 Å². The van der Waals surface area contributed by atoms with Crippen LogP contribution in [0.2, 0.25) is 0 Å². The number of piperazine rings is 1. The maximum atomic E-state index is 7.52. The molecule has 0 atom stereocenters. The molecular weight excluding hydrogens is 236 g/mol. The van der Waals surface area contributed by atoms with Crippen LogP contribution >= 0.6 is 0 Å². The Kier molecular flexibility index (Phi) is 4.10. The van der Waals surface area contributed by atoms with Crippen LogP contribution in [0, 0.1) is 12.3 Å². The molecule has 1 saturated heterocycles. The minimum absolute atomic E-state index is 0.147. The van der Waals surface area contributed by atoms with Gasteiger partial charge < -0.3 is 10.6 Å². The second-order valence-corrected chi connectivity index (χ2v) is 5.53. The lowest BCUT2D eigenvalue weighted by Crippen LogP contribution is -2.48. The molecule has 0 saturated carbocycles. The van der Waals surface area contributed by atoms with Crippen LogP contribution < -0.4 is 10.6 Å². The van der Waals surface area contributed by atoms with Crippen molar-refractivity contribution in [3.8, 4) is 0 Å². The minimum Gasteiger partial charge on any atom is -0.384 e. The van der Waals surface area contributed by atoms with Crippen LogP contribution in [0.4, 0.5) is 5.69 Å². The van der Waals surface area contributed by atoms with Gasteiger partial charge in [0.15, 0.2) is 0 Å². The third-order valence-electron chi connectivity index (χ3n) is 3.91. The largest absolute Gasteiger partial charge is 0.384 e. The van der Waals surface area contributed by atoms with Crippen molar-refractivity contribution >= 4 is 11.5 Å². The van der Waals surface area contributed by atoms with Gasteiger partial charge in [-0.25, -0.2) is 0 Å². The van der Waals surface area contributed by atoms with Crippen LogP contribution in [-0.2, 0) is 0 Å². The molecular formula is C15H24N4. The summed E-state index contributed by atoms with van der Waals surface area (Å²) < 4.78 is 0. The highest BCUT2D eigenvalue weighted by Gasteiger charge is 2.19. The first-order valence-corrected chi connectivity index (χ1v) is 6.93. The van der Waals surface area contributed by atoms with E-state index in [4.69, 9.17) is 11.1 Å². The number of aryl methyl sites for hydroxylation is 1. The van der Waals surface area contributed by atoms with Crippen molar-refractivity contribution in [2.75, 3.05) is 31.1 Å². The zero-order valence-electron chi connectivity index (χ0n) is 12.1. The summed E-state index contributed by atoms with van der Waals surface area (Å²) in [6.45, 7) is 10.9. The van der Waals surface area contributed by atoms with Gasteiger partial charge in [0.1, 0.15) is 5.84 Å². The SMILES string of the molecule is Cc1cc(N2CCN(C(C)C)CC2)ccc1C(=N)N. The zero-order chi connectivity index (χ0) is 14.0. The standard InChI is InChI=1S/C15H24N4/c1-11(2)18-6-8-19(9-7-18)13-4-5-14(15(16)17)12(3)10-13/h4-5,10-11H,6-9H2,1-3H3,(H3,16,17). The van der Waals surface area contributed by atoms with Crippen molar-refractivity contribution in [3.05, 3.63) is 29.3 Å². The summed E-state index contributed by atoms with van der Waals surface area (Å²) in [6.07, 6.45) is 0. The summed E-state index contributed by atoms with van der Waals surface area (Å²) in [4.78, 5) is 4.92. The molecule has 1 aromatic rings. The van der Waals surface area contributed by atoms with Crippen molar-refractivity contribution in [2.24, 2.45) is 5.73 Å². The van der Waals surface area contributed by atoms with Crippen molar-refractivity contribution in [1.29, 1.82) is 5.41 Å². The fourth-order valence-electron chi connectivity index (χ4n) is 2.64. The molecule has 2 rings (SSSR count). The van der Waals surface area contributed by atoms with Gasteiger partial charge in [-0.1, -0.05) is 0 Å². The molecule has 19 heavy (non-hydrogen) atoms. The highest BCUT2D eigenvalue weighted by Crippen LogP contribution is 2.21. The first-order valence-electron chi connectivity index (χ1n) is 6.93. The molecule has 3 N–H and O–H groups in total. The fraction of sp³-hybridized carbons (Fsp3) is 0.533. The summed E-state index contributed by atoms with van der Waals surface area (Å²) in [5.41, 5.74) is 8.72. The van der Waals surface area contributed by atoms with Crippen molar-refractivity contribution in [2.45, 2.75) is 26.8 Å². The summed E-state index contributed by atoms with van der Waals surface area (Å²) in [5.74, 6) is 0.147. The second-order valence-electron chi connectivity index (χ2n) is 5.53. The average molecular weight is 260 g/mol. The summed E-state index contributed by atoms with van der Waals surface area (Å²) in [7, 11) is 0. The highest BCUT2D eigenvalue weighted by atomic mass is 15.3.